The summed E-state index contributed by atoms with van der Waals surface area (Å²) in [5.74, 6) is 0.414. The van der Waals surface area contributed by atoms with Gasteiger partial charge in [-0.15, -0.1) is 24.0 Å². The fourth-order valence-electron chi connectivity index (χ4n) is 2.42. The molecule has 2 rings (SSSR count). The van der Waals surface area contributed by atoms with Crippen LogP contribution in [-0.4, -0.2) is 34.5 Å². The molecule has 0 aromatic heterocycles. The number of aliphatic imine (C=N–C) groups is 1. The summed E-state index contributed by atoms with van der Waals surface area (Å²) >= 11 is 0. The zero-order valence-corrected chi connectivity index (χ0v) is 19.1. The summed E-state index contributed by atoms with van der Waals surface area (Å²) in [6.07, 6.45) is 0.679. The normalized spacial score (nSPS) is 11.6. The molecule has 0 amide bonds. The Morgan fingerprint density at radius 1 is 1.07 bits per heavy atom. The molecule has 0 atom stereocenters. The van der Waals surface area contributed by atoms with Crippen molar-refractivity contribution in [2.75, 3.05) is 20.1 Å². The predicted molar refractivity (Wildman–Crippen MR) is 121 cm³/mol. The van der Waals surface area contributed by atoms with Gasteiger partial charge in [-0.3, -0.25) is 0 Å². The van der Waals surface area contributed by atoms with Crippen LogP contribution in [0.5, 0.6) is 0 Å². The highest BCUT2D eigenvalue weighted by atomic mass is 127. The molecule has 2 aromatic carbocycles. The highest BCUT2D eigenvalue weighted by molar-refractivity contribution is 14.0. The van der Waals surface area contributed by atoms with Crippen LogP contribution < -0.4 is 15.4 Å². The molecular weight excluding hydrogens is 494 g/mol. The lowest BCUT2D eigenvalue weighted by atomic mass is 10.1. The lowest BCUT2D eigenvalue weighted by Crippen LogP contribution is -2.38. The Hall–Kier alpha value is -1.72. The summed E-state index contributed by atoms with van der Waals surface area (Å²) in [4.78, 5) is 4.72. The van der Waals surface area contributed by atoms with E-state index in [9.17, 15) is 12.8 Å². The van der Waals surface area contributed by atoms with Crippen molar-refractivity contribution < 1.29 is 12.8 Å². The smallest absolute Gasteiger partial charge is 0.240 e. The third kappa shape index (κ3) is 7.72. The molecule has 0 saturated heterocycles. The van der Waals surface area contributed by atoms with Crippen LogP contribution in [0.15, 0.2) is 58.4 Å². The van der Waals surface area contributed by atoms with Crippen molar-refractivity contribution in [1.29, 1.82) is 0 Å². The first-order chi connectivity index (χ1) is 12.9. The number of hydrogen-bond donors (Lipinski definition) is 3. The molecule has 0 heterocycles. The second kappa shape index (κ2) is 12.0. The maximum Gasteiger partial charge on any atom is 0.240 e. The molecule has 0 aliphatic carbocycles. The average Bonchev–Trinajstić information content (AvgIpc) is 2.66. The van der Waals surface area contributed by atoms with Gasteiger partial charge in [-0.2, -0.15) is 0 Å². The molecule has 9 heteroatoms. The van der Waals surface area contributed by atoms with E-state index in [2.05, 4.69) is 20.3 Å². The van der Waals surface area contributed by atoms with E-state index in [1.165, 1.54) is 19.2 Å². The molecule has 0 aliphatic heterocycles. The Balaban J connectivity index is 0.00000392. The highest BCUT2D eigenvalue weighted by Gasteiger charge is 2.10. The first-order valence-corrected chi connectivity index (χ1v) is 10.2. The van der Waals surface area contributed by atoms with Crippen molar-refractivity contribution >= 4 is 40.0 Å². The molecule has 3 N–H and O–H groups in total. The molecular formula is C19H26FIN4O2S. The maximum atomic E-state index is 13.2. The first kappa shape index (κ1) is 24.3. The van der Waals surface area contributed by atoms with Crippen LogP contribution >= 0.6 is 24.0 Å². The Morgan fingerprint density at radius 3 is 2.39 bits per heavy atom. The summed E-state index contributed by atoms with van der Waals surface area (Å²) in [6, 6.07) is 13.1. The number of benzene rings is 2. The van der Waals surface area contributed by atoms with Crippen molar-refractivity contribution in [3.8, 4) is 0 Å². The fraction of sp³-hybridized carbons (Fsp3) is 0.316. The van der Waals surface area contributed by atoms with E-state index < -0.39 is 10.0 Å². The van der Waals surface area contributed by atoms with Crippen molar-refractivity contribution in [2.45, 2.75) is 24.8 Å². The third-order valence-corrected chi connectivity index (χ3v) is 5.29. The number of nitrogens with zero attached hydrogens (tertiary/aromatic N) is 1. The summed E-state index contributed by atoms with van der Waals surface area (Å²) in [7, 11) is -2.05. The standard InChI is InChI=1S/C19H25FN4O2S.HI/c1-3-22-19(23-12-11-15-5-4-6-17(20)13-15)24-14-16-7-9-18(10-8-16)27(25,26)21-2;/h4-10,13,21H,3,11-12,14H2,1-2H3,(H2,22,23,24);1H. The molecule has 0 aliphatic rings. The Kier molecular flexibility index (Phi) is 10.4. The van der Waals surface area contributed by atoms with Crippen molar-refractivity contribution in [3.05, 3.63) is 65.5 Å². The van der Waals surface area contributed by atoms with E-state index in [-0.39, 0.29) is 34.7 Å². The molecule has 0 bridgehead atoms. The maximum absolute atomic E-state index is 13.2. The minimum absolute atomic E-state index is 0. The molecule has 154 valence electrons. The first-order valence-electron chi connectivity index (χ1n) is 8.73. The lowest BCUT2D eigenvalue weighted by molar-refractivity contribution is 0.588. The Bertz CT molecular complexity index is 874. The molecule has 28 heavy (non-hydrogen) atoms. The molecule has 0 fully saturated rings. The van der Waals surface area contributed by atoms with Crippen LogP contribution in [0, 0.1) is 5.82 Å². The van der Waals surface area contributed by atoms with E-state index >= 15 is 0 Å². The minimum atomic E-state index is -3.43. The van der Waals surface area contributed by atoms with Gasteiger partial charge in [0.1, 0.15) is 5.82 Å². The summed E-state index contributed by atoms with van der Waals surface area (Å²) in [5.41, 5.74) is 1.81. The van der Waals surface area contributed by atoms with Crippen LogP contribution in [0.2, 0.25) is 0 Å². The predicted octanol–water partition coefficient (Wildman–Crippen LogP) is 2.65. The van der Waals surface area contributed by atoms with Crippen LogP contribution in [-0.2, 0) is 23.0 Å². The van der Waals surface area contributed by atoms with Gasteiger partial charge < -0.3 is 10.6 Å². The second-order valence-corrected chi connectivity index (χ2v) is 7.74. The van der Waals surface area contributed by atoms with E-state index in [1.807, 2.05) is 13.0 Å². The highest BCUT2D eigenvalue weighted by Crippen LogP contribution is 2.10. The topological polar surface area (TPSA) is 82.6 Å². The SMILES string of the molecule is CCNC(=NCc1ccc(S(=O)(=O)NC)cc1)NCCc1cccc(F)c1.I. The fourth-order valence-corrected chi connectivity index (χ4v) is 3.15. The van der Waals surface area contributed by atoms with Crippen LogP contribution in [0.1, 0.15) is 18.1 Å². The number of nitrogens with one attached hydrogen (secondary N) is 3. The van der Waals surface area contributed by atoms with Crippen LogP contribution in [0.25, 0.3) is 0 Å². The van der Waals surface area contributed by atoms with Gasteiger partial charge in [0.25, 0.3) is 0 Å². The molecule has 0 unspecified atom stereocenters. The van der Waals surface area contributed by atoms with Gasteiger partial charge in [0.15, 0.2) is 5.96 Å². The summed E-state index contributed by atoms with van der Waals surface area (Å²) in [5, 5.41) is 6.37. The van der Waals surface area contributed by atoms with Gasteiger partial charge in [0.2, 0.25) is 10.0 Å². The Morgan fingerprint density at radius 2 is 1.79 bits per heavy atom. The number of halogens is 2. The quantitative estimate of drug-likeness (QED) is 0.284. The monoisotopic (exact) mass is 520 g/mol. The van der Waals surface area contributed by atoms with Crippen molar-refractivity contribution in [3.63, 3.8) is 0 Å². The number of guanidine groups is 1. The number of sulfonamides is 1. The van der Waals surface area contributed by atoms with Crippen LogP contribution in [0.3, 0.4) is 0 Å². The zero-order chi connectivity index (χ0) is 19.7. The minimum Gasteiger partial charge on any atom is -0.357 e. The van der Waals surface area contributed by atoms with E-state index in [0.717, 1.165) is 11.1 Å². The largest absolute Gasteiger partial charge is 0.357 e. The van der Waals surface area contributed by atoms with Crippen LogP contribution in [0.4, 0.5) is 4.39 Å². The zero-order valence-electron chi connectivity index (χ0n) is 15.9. The molecule has 0 saturated carbocycles. The van der Waals surface area contributed by atoms with Gasteiger partial charge in [0, 0.05) is 13.1 Å². The van der Waals surface area contributed by atoms with E-state index in [0.29, 0.717) is 32.0 Å². The van der Waals surface area contributed by atoms with Crippen molar-refractivity contribution in [2.24, 2.45) is 4.99 Å². The van der Waals surface area contributed by atoms with Gasteiger partial charge in [0.05, 0.1) is 11.4 Å². The average molecular weight is 520 g/mol. The second-order valence-electron chi connectivity index (χ2n) is 5.85. The molecule has 2 aromatic rings. The third-order valence-electron chi connectivity index (χ3n) is 3.86. The van der Waals surface area contributed by atoms with E-state index in [1.54, 1.807) is 30.3 Å². The molecule has 0 spiro atoms. The van der Waals surface area contributed by atoms with Crippen molar-refractivity contribution in [1.82, 2.24) is 15.4 Å². The van der Waals surface area contributed by atoms with Gasteiger partial charge in [-0.25, -0.2) is 22.5 Å². The molecule has 6 nitrogen and oxygen atoms in total. The number of hydrogen-bond acceptors (Lipinski definition) is 3. The number of rotatable bonds is 8. The summed E-state index contributed by atoms with van der Waals surface area (Å²) < 4.78 is 39.0. The lowest BCUT2D eigenvalue weighted by Gasteiger charge is -2.11. The molecule has 0 radical (unpaired) electrons. The van der Waals surface area contributed by atoms with Gasteiger partial charge in [-0.1, -0.05) is 24.3 Å². The Labute approximate surface area is 183 Å². The van der Waals surface area contributed by atoms with E-state index in [4.69, 9.17) is 0 Å². The summed E-state index contributed by atoms with van der Waals surface area (Å²) in [6.45, 7) is 3.72. The van der Waals surface area contributed by atoms with Gasteiger partial charge in [-0.05, 0) is 55.8 Å². The van der Waals surface area contributed by atoms with Gasteiger partial charge >= 0.3 is 0 Å².